The van der Waals surface area contributed by atoms with Crippen LogP contribution >= 0.6 is 23.2 Å². The lowest BCUT2D eigenvalue weighted by molar-refractivity contribution is 0.959. The Labute approximate surface area is 240 Å². The first-order valence-electron chi connectivity index (χ1n) is 12.6. The fraction of sp³-hybridized carbons (Fsp3) is 0.200. The summed E-state index contributed by atoms with van der Waals surface area (Å²) in [5, 5.41) is 14.4. The maximum absolute atomic E-state index is 12.0. The monoisotopic (exact) mass is 574 g/mol. The van der Waals surface area contributed by atoms with E-state index in [0.29, 0.717) is 21.2 Å². The number of H-pyrrole nitrogens is 2. The lowest BCUT2D eigenvalue weighted by atomic mass is 10.0. The molecule has 0 saturated carbocycles. The van der Waals surface area contributed by atoms with Gasteiger partial charge < -0.3 is 9.13 Å². The molecule has 0 radical (unpaired) electrons. The van der Waals surface area contributed by atoms with Crippen molar-refractivity contribution in [2.24, 2.45) is 0 Å². The minimum Gasteiger partial charge on any atom is -0.313 e. The molecule has 8 nitrogen and oxygen atoms in total. The third-order valence-corrected chi connectivity index (χ3v) is 7.45. The summed E-state index contributed by atoms with van der Waals surface area (Å²) in [5.74, 6) is 0. The molecule has 204 valence electrons. The number of fused-ring (bicyclic) bond motifs is 2. The second-order valence-electron chi connectivity index (χ2n) is 10.1. The van der Waals surface area contributed by atoms with Crippen LogP contribution in [-0.4, -0.2) is 29.5 Å². The molecule has 0 fully saturated rings. The molecule has 0 unspecified atom stereocenters. The zero-order valence-corrected chi connectivity index (χ0v) is 24.5. The number of hydrogen-bond donors (Lipinski definition) is 2. The summed E-state index contributed by atoms with van der Waals surface area (Å²) >= 11 is 12.3. The molecular weight excluding hydrogens is 547 g/mol. The van der Waals surface area contributed by atoms with Gasteiger partial charge >= 0.3 is 0 Å². The van der Waals surface area contributed by atoms with Crippen molar-refractivity contribution in [1.29, 1.82) is 0 Å². The fourth-order valence-electron chi connectivity index (χ4n) is 5.56. The lowest BCUT2D eigenvalue weighted by Crippen LogP contribution is -2.20. The van der Waals surface area contributed by atoms with Crippen molar-refractivity contribution in [2.75, 3.05) is 0 Å². The van der Waals surface area contributed by atoms with Crippen LogP contribution in [0.15, 0.2) is 58.4 Å². The van der Waals surface area contributed by atoms with E-state index in [2.05, 4.69) is 65.4 Å². The number of nitrogens with zero attached hydrogens (tertiary/aromatic N) is 4. The van der Waals surface area contributed by atoms with Gasteiger partial charge in [0.05, 0.1) is 22.3 Å². The molecule has 10 heteroatoms. The largest absolute Gasteiger partial charge is 0.313 e. The number of aryl methyl sites for hydroxylation is 6. The van der Waals surface area contributed by atoms with E-state index in [4.69, 9.17) is 23.2 Å². The molecule has 0 aliphatic heterocycles. The van der Waals surface area contributed by atoms with Crippen LogP contribution in [0.2, 0.25) is 10.3 Å². The van der Waals surface area contributed by atoms with Crippen LogP contribution in [0.25, 0.3) is 33.2 Å². The zero-order valence-electron chi connectivity index (χ0n) is 23.0. The van der Waals surface area contributed by atoms with Crippen molar-refractivity contribution >= 4 is 45.0 Å². The summed E-state index contributed by atoms with van der Waals surface area (Å²) in [6, 6.07) is 12.0. The number of hydrogen-bond acceptors (Lipinski definition) is 4. The summed E-state index contributed by atoms with van der Waals surface area (Å²) in [7, 11) is 0. The van der Waals surface area contributed by atoms with E-state index in [0.717, 1.165) is 33.4 Å². The maximum atomic E-state index is 12.0. The Balaban J connectivity index is 0.000000161. The van der Waals surface area contributed by atoms with Crippen molar-refractivity contribution in [3.8, 4) is 11.4 Å². The molecule has 2 N–H and O–H groups in total. The number of aromatic nitrogens is 6. The van der Waals surface area contributed by atoms with Gasteiger partial charge in [0.15, 0.2) is 10.3 Å². The van der Waals surface area contributed by atoms with Gasteiger partial charge in [-0.05, 0) is 75.9 Å². The molecule has 0 saturated heterocycles. The Hall–Kier alpha value is -4.14. The molecule has 0 spiro atoms. The third-order valence-electron chi connectivity index (χ3n) is 6.92. The van der Waals surface area contributed by atoms with Crippen molar-refractivity contribution in [3.63, 3.8) is 0 Å². The topological polar surface area (TPSA) is 101 Å². The van der Waals surface area contributed by atoms with Crippen molar-refractivity contribution in [3.05, 3.63) is 113 Å². The SMILES string of the molecule is Cc1cc(C)c(-n2ccc3c(=O)[nH][nH]c(=O)c32)c(C)c1.Cc1cc(C)c(-n2ccc3c(Cl)nnc(Cl)c32)c(C)c1. The van der Waals surface area contributed by atoms with E-state index < -0.39 is 0 Å². The molecule has 4 heterocycles. The van der Waals surface area contributed by atoms with Crippen LogP contribution in [0, 0.1) is 41.5 Å². The second kappa shape index (κ2) is 10.4. The highest BCUT2D eigenvalue weighted by Crippen LogP contribution is 2.32. The van der Waals surface area contributed by atoms with E-state index >= 15 is 0 Å². The first kappa shape index (κ1) is 27.4. The summed E-state index contributed by atoms with van der Waals surface area (Å²) in [6.07, 6.45) is 3.72. The quantitative estimate of drug-likeness (QED) is 0.243. The number of aromatic amines is 2. The molecule has 40 heavy (non-hydrogen) atoms. The molecule has 6 aromatic rings. The minimum absolute atomic E-state index is 0.291. The van der Waals surface area contributed by atoms with E-state index in [9.17, 15) is 9.59 Å². The number of nitrogens with one attached hydrogen (secondary N) is 2. The molecule has 2 aromatic carbocycles. The normalized spacial score (nSPS) is 11.2. The average molecular weight is 576 g/mol. The third kappa shape index (κ3) is 4.74. The van der Waals surface area contributed by atoms with Crippen LogP contribution in [-0.2, 0) is 0 Å². The predicted octanol–water partition coefficient (Wildman–Crippen LogP) is 6.58. The van der Waals surface area contributed by atoms with Crippen molar-refractivity contribution in [1.82, 2.24) is 29.5 Å². The van der Waals surface area contributed by atoms with Gasteiger partial charge in [-0.2, -0.15) is 0 Å². The Morgan fingerprint density at radius 3 is 1.55 bits per heavy atom. The number of benzene rings is 2. The standard InChI is InChI=1S/C15H13Cl2N3.C15H15N3O2/c1-8-6-9(2)12(10(3)7-8)20-5-4-11-13(20)15(17)19-18-14(11)16;1-8-6-9(2)12(10(3)7-8)18-5-4-11-13(18)15(20)17-16-14(11)19/h4-7H,1-3H3;4-7H,1-3H3,(H,16,19)(H,17,20). The highest BCUT2D eigenvalue weighted by molar-refractivity contribution is 6.38. The van der Waals surface area contributed by atoms with E-state index in [1.807, 2.05) is 37.6 Å². The van der Waals surface area contributed by atoms with E-state index in [-0.39, 0.29) is 11.1 Å². The molecule has 4 aromatic heterocycles. The highest BCUT2D eigenvalue weighted by Gasteiger charge is 2.16. The van der Waals surface area contributed by atoms with Crippen LogP contribution in [0.3, 0.4) is 0 Å². The Morgan fingerprint density at radius 1 is 0.600 bits per heavy atom. The highest BCUT2D eigenvalue weighted by atomic mass is 35.5. The summed E-state index contributed by atoms with van der Waals surface area (Å²) in [4.78, 5) is 23.8. The van der Waals surface area contributed by atoms with Crippen molar-refractivity contribution < 1.29 is 0 Å². The van der Waals surface area contributed by atoms with E-state index in [1.165, 1.54) is 22.3 Å². The molecule has 0 aliphatic carbocycles. The molecule has 0 aliphatic rings. The zero-order chi connectivity index (χ0) is 28.9. The molecule has 0 atom stereocenters. The minimum atomic E-state index is -0.302. The Kier molecular flexibility index (Phi) is 7.16. The predicted molar refractivity (Wildman–Crippen MR) is 162 cm³/mol. The van der Waals surface area contributed by atoms with Crippen LogP contribution < -0.4 is 11.1 Å². The molecule has 0 amide bonds. The van der Waals surface area contributed by atoms with Crippen LogP contribution in [0.4, 0.5) is 0 Å². The number of rotatable bonds is 2. The first-order chi connectivity index (χ1) is 19.0. The van der Waals surface area contributed by atoms with Gasteiger partial charge in [0.25, 0.3) is 11.1 Å². The molecule has 6 rings (SSSR count). The van der Waals surface area contributed by atoms with Crippen LogP contribution in [0.5, 0.6) is 0 Å². The summed E-state index contributed by atoms with van der Waals surface area (Å²) < 4.78 is 3.82. The van der Waals surface area contributed by atoms with Gasteiger partial charge in [0.2, 0.25) is 0 Å². The molecule has 0 bridgehead atoms. The van der Waals surface area contributed by atoms with Crippen molar-refractivity contribution in [2.45, 2.75) is 41.5 Å². The van der Waals surface area contributed by atoms with Gasteiger partial charge in [-0.25, -0.2) is 0 Å². The van der Waals surface area contributed by atoms with Gasteiger partial charge in [-0.15, -0.1) is 10.2 Å². The van der Waals surface area contributed by atoms with Gasteiger partial charge in [0.1, 0.15) is 5.52 Å². The smallest absolute Gasteiger partial charge is 0.287 e. The summed E-state index contributed by atoms with van der Waals surface area (Å²) in [6.45, 7) is 12.3. The Morgan fingerprint density at radius 2 is 1.02 bits per heavy atom. The lowest BCUT2D eigenvalue weighted by Gasteiger charge is -2.14. The second-order valence-corrected chi connectivity index (χ2v) is 10.8. The molecular formula is C30H28Cl2N6O2. The maximum Gasteiger partial charge on any atom is 0.287 e. The Bertz CT molecular complexity index is 2000. The summed E-state index contributed by atoms with van der Waals surface area (Å²) in [5.41, 5.74) is 9.55. The van der Waals surface area contributed by atoms with Gasteiger partial charge in [-0.1, -0.05) is 58.6 Å². The van der Waals surface area contributed by atoms with E-state index in [1.54, 1.807) is 16.8 Å². The number of halogens is 2. The van der Waals surface area contributed by atoms with Crippen LogP contribution in [0.1, 0.15) is 33.4 Å². The average Bonchev–Trinajstić information content (AvgIpc) is 3.50. The van der Waals surface area contributed by atoms with Gasteiger partial charge in [0, 0.05) is 17.8 Å². The first-order valence-corrected chi connectivity index (χ1v) is 13.4. The van der Waals surface area contributed by atoms with Gasteiger partial charge in [-0.3, -0.25) is 19.8 Å². The fourth-order valence-corrected chi connectivity index (χ4v) is 5.98.